The van der Waals surface area contributed by atoms with E-state index in [4.69, 9.17) is 4.74 Å². The fourth-order valence-electron chi connectivity index (χ4n) is 1.74. The minimum absolute atomic E-state index is 0.773. The van der Waals surface area contributed by atoms with E-state index < -0.39 is 0 Å². The molecule has 0 amide bonds. The van der Waals surface area contributed by atoms with Crippen molar-refractivity contribution in [1.82, 2.24) is 15.2 Å². The number of aromatic amines is 1. The summed E-state index contributed by atoms with van der Waals surface area (Å²) in [4.78, 5) is 5.21. The zero-order valence-corrected chi connectivity index (χ0v) is 11.2. The van der Waals surface area contributed by atoms with Crippen LogP contribution in [0.2, 0.25) is 0 Å². The molecule has 1 N–H and O–H groups in total. The summed E-state index contributed by atoms with van der Waals surface area (Å²) < 4.78 is 5.50. The number of hydrogen-bond donors (Lipinski definition) is 1. The lowest BCUT2D eigenvalue weighted by molar-refractivity contribution is 0.400. The van der Waals surface area contributed by atoms with E-state index in [0.29, 0.717) is 0 Å². The van der Waals surface area contributed by atoms with Gasteiger partial charge in [-0.25, -0.2) is 4.98 Å². The first kappa shape index (κ1) is 12.0. The standard InChI is InChI=1S/C12H15N3OS/c1-7-5-8(2)11(10(16-4)9(7)3)17-12-13-6-14-15-12/h5-6H,1-4H3,(H,13,14,15). The summed E-state index contributed by atoms with van der Waals surface area (Å²) in [6.07, 6.45) is 1.51. The normalized spacial score (nSPS) is 10.6. The van der Waals surface area contributed by atoms with Crippen LogP contribution in [0.3, 0.4) is 0 Å². The zero-order valence-electron chi connectivity index (χ0n) is 10.4. The van der Waals surface area contributed by atoms with Gasteiger partial charge in [0.2, 0.25) is 0 Å². The monoisotopic (exact) mass is 249 g/mol. The van der Waals surface area contributed by atoms with Gasteiger partial charge in [-0.15, -0.1) is 0 Å². The van der Waals surface area contributed by atoms with Crippen molar-refractivity contribution >= 4 is 11.8 Å². The maximum absolute atomic E-state index is 5.50. The highest BCUT2D eigenvalue weighted by molar-refractivity contribution is 7.99. The Balaban J connectivity index is 2.48. The number of methoxy groups -OCH3 is 1. The van der Waals surface area contributed by atoms with Gasteiger partial charge in [0.15, 0.2) is 5.16 Å². The third-order valence-electron chi connectivity index (χ3n) is 2.73. The molecule has 0 fully saturated rings. The van der Waals surface area contributed by atoms with Crippen LogP contribution in [-0.2, 0) is 0 Å². The van der Waals surface area contributed by atoms with Crippen molar-refractivity contribution in [3.8, 4) is 5.75 Å². The average molecular weight is 249 g/mol. The predicted molar refractivity (Wildman–Crippen MR) is 67.7 cm³/mol. The highest BCUT2D eigenvalue weighted by atomic mass is 32.2. The third kappa shape index (κ3) is 2.29. The molecule has 0 bridgehead atoms. The van der Waals surface area contributed by atoms with Crippen LogP contribution >= 0.6 is 11.8 Å². The minimum Gasteiger partial charge on any atom is -0.495 e. The van der Waals surface area contributed by atoms with Crippen LogP contribution in [0.25, 0.3) is 0 Å². The Hall–Kier alpha value is -1.49. The predicted octanol–water partition coefficient (Wildman–Crippen LogP) is 2.89. The van der Waals surface area contributed by atoms with Crippen molar-refractivity contribution in [2.24, 2.45) is 0 Å². The van der Waals surface area contributed by atoms with Gasteiger partial charge in [0.05, 0.1) is 12.0 Å². The van der Waals surface area contributed by atoms with E-state index in [1.54, 1.807) is 18.9 Å². The Bertz CT molecular complexity index is 523. The van der Waals surface area contributed by atoms with Crippen LogP contribution in [0, 0.1) is 20.8 Å². The van der Waals surface area contributed by atoms with E-state index in [2.05, 4.69) is 42.0 Å². The van der Waals surface area contributed by atoms with Crippen molar-refractivity contribution in [3.63, 3.8) is 0 Å². The summed E-state index contributed by atoms with van der Waals surface area (Å²) in [5.41, 5.74) is 3.59. The molecule has 0 aliphatic rings. The Morgan fingerprint density at radius 2 is 2.00 bits per heavy atom. The van der Waals surface area contributed by atoms with Crippen molar-refractivity contribution < 1.29 is 4.74 Å². The molecule has 5 heteroatoms. The molecule has 1 aromatic heterocycles. The van der Waals surface area contributed by atoms with E-state index in [0.717, 1.165) is 15.8 Å². The topological polar surface area (TPSA) is 50.8 Å². The van der Waals surface area contributed by atoms with Crippen LogP contribution < -0.4 is 4.74 Å². The van der Waals surface area contributed by atoms with Crippen molar-refractivity contribution in [2.75, 3.05) is 7.11 Å². The summed E-state index contributed by atoms with van der Waals surface area (Å²) >= 11 is 1.54. The molecule has 0 radical (unpaired) electrons. The Labute approximate surface area is 105 Å². The van der Waals surface area contributed by atoms with E-state index in [1.807, 2.05) is 0 Å². The molecular formula is C12H15N3OS. The van der Waals surface area contributed by atoms with Crippen molar-refractivity contribution in [3.05, 3.63) is 29.1 Å². The van der Waals surface area contributed by atoms with Crippen LogP contribution in [-0.4, -0.2) is 22.3 Å². The van der Waals surface area contributed by atoms with Crippen molar-refractivity contribution in [1.29, 1.82) is 0 Å². The van der Waals surface area contributed by atoms with Crippen LogP contribution in [0.4, 0.5) is 0 Å². The van der Waals surface area contributed by atoms with E-state index >= 15 is 0 Å². The average Bonchev–Trinajstić information content (AvgIpc) is 2.79. The van der Waals surface area contributed by atoms with Gasteiger partial charge < -0.3 is 4.74 Å². The number of benzene rings is 1. The summed E-state index contributed by atoms with van der Waals surface area (Å²) in [5.74, 6) is 0.920. The van der Waals surface area contributed by atoms with E-state index in [1.165, 1.54) is 23.0 Å². The summed E-state index contributed by atoms with van der Waals surface area (Å²) in [5, 5.41) is 7.46. The Morgan fingerprint density at radius 3 is 2.59 bits per heavy atom. The number of H-pyrrole nitrogens is 1. The molecule has 90 valence electrons. The molecule has 2 rings (SSSR count). The first-order valence-corrected chi connectivity index (χ1v) is 6.13. The molecule has 4 nitrogen and oxygen atoms in total. The highest BCUT2D eigenvalue weighted by Gasteiger charge is 2.14. The SMILES string of the molecule is COc1c(C)c(C)cc(C)c1Sc1ncn[nH]1. The number of nitrogens with one attached hydrogen (secondary N) is 1. The third-order valence-corrected chi connectivity index (χ3v) is 3.83. The fourth-order valence-corrected chi connectivity index (χ4v) is 2.68. The number of aromatic nitrogens is 3. The van der Waals surface area contributed by atoms with Crippen LogP contribution in [0.15, 0.2) is 22.4 Å². The molecule has 0 saturated heterocycles. The molecule has 0 aliphatic carbocycles. The first-order valence-electron chi connectivity index (χ1n) is 5.31. The summed E-state index contributed by atoms with van der Waals surface area (Å²) in [6, 6.07) is 2.16. The fraction of sp³-hybridized carbons (Fsp3) is 0.333. The molecule has 2 aromatic rings. The highest BCUT2D eigenvalue weighted by Crippen LogP contribution is 2.39. The van der Waals surface area contributed by atoms with Gasteiger partial charge in [-0.3, -0.25) is 5.10 Å². The van der Waals surface area contributed by atoms with Gasteiger partial charge in [0.25, 0.3) is 0 Å². The second-order valence-electron chi connectivity index (χ2n) is 3.89. The number of nitrogens with zero attached hydrogens (tertiary/aromatic N) is 2. The molecule has 0 unspecified atom stereocenters. The maximum Gasteiger partial charge on any atom is 0.188 e. The first-order chi connectivity index (χ1) is 8.13. The molecule has 0 aliphatic heterocycles. The zero-order chi connectivity index (χ0) is 12.4. The smallest absolute Gasteiger partial charge is 0.188 e. The van der Waals surface area contributed by atoms with E-state index in [9.17, 15) is 0 Å². The van der Waals surface area contributed by atoms with Gasteiger partial charge in [0.1, 0.15) is 12.1 Å². The number of rotatable bonds is 3. The summed E-state index contributed by atoms with van der Waals surface area (Å²) in [6.45, 7) is 6.24. The quantitative estimate of drug-likeness (QED) is 0.908. The lowest BCUT2D eigenvalue weighted by Gasteiger charge is -2.15. The van der Waals surface area contributed by atoms with Gasteiger partial charge >= 0.3 is 0 Å². The van der Waals surface area contributed by atoms with Gasteiger partial charge in [0, 0.05) is 0 Å². The molecule has 0 spiro atoms. The Kier molecular flexibility index (Phi) is 3.38. The summed E-state index contributed by atoms with van der Waals surface area (Å²) in [7, 11) is 1.70. The number of ether oxygens (including phenoxy) is 1. The largest absolute Gasteiger partial charge is 0.495 e. The second kappa shape index (κ2) is 4.79. The van der Waals surface area contributed by atoms with Gasteiger partial charge in [-0.05, 0) is 49.2 Å². The number of aryl methyl sites for hydroxylation is 2. The molecule has 0 saturated carbocycles. The lowest BCUT2D eigenvalue weighted by atomic mass is 10.1. The molecule has 17 heavy (non-hydrogen) atoms. The second-order valence-corrected chi connectivity index (χ2v) is 4.89. The molecule has 1 aromatic carbocycles. The van der Waals surface area contributed by atoms with Crippen LogP contribution in [0.5, 0.6) is 5.75 Å². The molecular weight excluding hydrogens is 234 g/mol. The Morgan fingerprint density at radius 1 is 1.24 bits per heavy atom. The van der Waals surface area contributed by atoms with Gasteiger partial charge in [-0.2, -0.15) is 5.10 Å². The minimum atomic E-state index is 0.773. The lowest BCUT2D eigenvalue weighted by Crippen LogP contribution is -1.96. The number of hydrogen-bond acceptors (Lipinski definition) is 4. The van der Waals surface area contributed by atoms with Gasteiger partial charge in [-0.1, -0.05) is 6.07 Å². The van der Waals surface area contributed by atoms with Crippen molar-refractivity contribution in [2.45, 2.75) is 30.8 Å². The van der Waals surface area contributed by atoms with E-state index in [-0.39, 0.29) is 0 Å². The molecule has 1 heterocycles. The maximum atomic E-state index is 5.50. The molecule has 0 atom stereocenters. The van der Waals surface area contributed by atoms with Crippen LogP contribution in [0.1, 0.15) is 16.7 Å².